The maximum Gasteiger partial charge on any atom is 0.0700 e. The Balaban J connectivity index is 0. The number of methoxy groups -OCH3 is 1. The predicted molar refractivity (Wildman–Crippen MR) is 52.6 cm³/mol. The molecule has 1 radical (unpaired) electrons. The first-order valence-corrected chi connectivity index (χ1v) is 4.68. The van der Waals surface area contributed by atoms with Crippen molar-refractivity contribution in [3.63, 3.8) is 0 Å². The van der Waals surface area contributed by atoms with E-state index in [9.17, 15) is 0 Å². The summed E-state index contributed by atoms with van der Waals surface area (Å²) in [4.78, 5) is 0. The van der Waals surface area contributed by atoms with Crippen molar-refractivity contribution in [2.24, 2.45) is 5.92 Å². The van der Waals surface area contributed by atoms with E-state index in [1.54, 1.807) is 7.11 Å². The van der Waals surface area contributed by atoms with Crippen LogP contribution in [0.25, 0.3) is 0 Å². The molecule has 1 unspecified atom stereocenters. The van der Waals surface area contributed by atoms with Gasteiger partial charge in [0.05, 0.1) is 13.2 Å². The fourth-order valence-corrected chi connectivity index (χ4v) is 0.720. The van der Waals surface area contributed by atoms with Crippen LogP contribution >= 0.6 is 0 Å². The molecule has 3 nitrogen and oxygen atoms in total. The minimum absolute atomic E-state index is 0. The summed E-state index contributed by atoms with van der Waals surface area (Å²) in [6.07, 6.45) is -0.0786. The molecule has 0 aromatic rings. The van der Waals surface area contributed by atoms with Crippen LogP contribution < -0.4 is 0 Å². The molecular formula is C10H21O3Y-. The number of rotatable bonds is 8. The van der Waals surface area contributed by atoms with Crippen LogP contribution in [0.3, 0.4) is 0 Å². The number of ether oxygens (including phenoxy) is 3. The molecule has 0 spiro atoms. The Morgan fingerprint density at radius 2 is 1.57 bits per heavy atom. The summed E-state index contributed by atoms with van der Waals surface area (Å²) in [5.41, 5.74) is 0. The Kier molecular flexibility index (Phi) is 15.0. The van der Waals surface area contributed by atoms with Gasteiger partial charge in [0.15, 0.2) is 0 Å². The van der Waals surface area contributed by atoms with Gasteiger partial charge in [-0.25, -0.2) is 0 Å². The van der Waals surface area contributed by atoms with Gasteiger partial charge in [0.1, 0.15) is 0 Å². The van der Waals surface area contributed by atoms with E-state index in [1.165, 1.54) is 0 Å². The van der Waals surface area contributed by atoms with Crippen molar-refractivity contribution in [2.75, 3.05) is 33.5 Å². The third kappa shape index (κ3) is 13.0. The van der Waals surface area contributed by atoms with Gasteiger partial charge in [0.25, 0.3) is 0 Å². The largest absolute Gasteiger partial charge is 0.411 e. The van der Waals surface area contributed by atoms with E-state index in [-0.39, 0.29) is 38.8 Å². The summed E-state index contributed by atoms with van der Waals surface area (Å²) in [5, 5.41) is 0. The Hall–Kier alpha value is 0.984. The number of hydrogen-bond acceptors (Lipinski definition) is 3. The van der Waals surface area contributed by atoms with Crippen LogP contribution in [-0.4, -0.2) is 39.6 Å². The Bertz CT molecular complexity index is 110. The van der Waals surface area contributed by atoms with E-state index in [4.69, 9.17) is 14.2 Å². The zero-order chi connectivity index (χ0) is 10.1. The summed E-state index contributed by atoms with van der Waals surface area (Å²) < 4.78 is 15.5. The average Bonchev–Trinajstić information content (AvgIpc) is 2.10. The monoisotopic (exact) mass is 278 g/mol. The minimum Gasteiger partial charge on any atom is -0.411 e. The minimum atomic E-state index is -0.0786. The molecule has 0 rings (SSSR count). The molecule has 0 fully saturated rings. The molecule has 0 aliphatic heterocycles. The molecule has 1 atom stereocenters. The van der Waals surface area contributed by atoms with Crippen molar-refractivity contribution in [3.8, 4) is 0 Å². The third-order valence-corrected chi connectivity index (χ3v) is 1.46. The molecular weight excluding hydrogens is 257 g/mol. The molecule has 0 aliphatic carbocycles. The van der Waals surface area contributed by atoms with Crippen LogP contribution in [0.15, 0.2) is 0 Å². The second-order valence-electron chi connectivity index (χ2n) is 3.40. The van der Waals surface area contributed by atoms with Crippen LogP contribution in [0.2, 0.25) is 0 Å². The standard InChI is InChI=1S/C10H21O3.Y/c1-9(2)7-12-5-6-13-8-10(3)11-4;/h9-10H,3,5-8H2,1-2,4H3;/q-1;. The normalized spacial score (nSPS) is 12.6. The van der Waals surface area contributed by atoms with Crippen molar-refractivity contribution in [1.29, 1.82) is 0 Å². The molecule has 0 amide bonds. The van der Waals surface area contributed by atoms with Crippen LogP contribution in [-0.2, 0) is 46.9 Å². The first-order chi connectivity index (χ1) is 6.16. The van der Waals surface area contributed by atoms with Crippen molar-refractivity contribution in [2.45, 2.75) is 20.0 Å². The molecule has 0 aromatic carbocycles. The van der Waals surface area contributed by atoms with E-state index in [0.29, 0.717) is 25.7 Å². The van der Waals surface area contributed by atoms with Crippen molar-refractivity contribution in [1.82, 2.24) is 0 Å². The van der Waals surface area contributed by atoms with E-state index in [2.05, 4.69) is 20.8 Å². The van der Waals surface area contributed by atoms with Crippen LogP contribution in [0.5, 0.6) is 0 Å². The molecule has 14 heavy (non-hydrogen) atoms. The Labute approximate surface area is 113 Å². The molecule has 0 saturated heterocycles. The van der Waals surface area contributed by atoms with E-state index in [1.807, 2.05) is 0 Å². The molecule has 0 N–H and O–H groups in total. The van der Waals surface area contributed by atoms with E-state index in [0.717, 1.165) is 6.61 Å². The molecule has 0 aromatic heterocycles. The average molecular weight is 278 g/mol. The van der Waals surface area contributed by atoms with Gasteiger partial charge in [-0.1, -0.05) is 13.8 Å². The molecule has 0 saturated carbocycles. The van der Waals surface area contributed by atoms with E-state index < -0.39 is 0 Å². The van der Waals surface area contributed by atoms with Crippen LogP contribution in [0.1, 0.15) is 13.8 Å². The summed E-state index contributed by atoms with van der Waals surface area (Å²) in [7, 11) is 1.62. The second-order valence-corrected chi connectivity index (χ2v) is 3.40. The van der Waals surface area contributed by atoms with Crippen molar-refractivity contribution in [3.05, 3.63) is 6.92 Å². The first-order valence-electron chi connectivity index (χ1n) is 4.68. The maximum absolute atomic E-state index is 5.32. The van der Waals surface area contributed by atoms with Crippen LogP contribution in [0, 0.1) is 12.8 Å². The topological polar surface area (TPSA) is 27.7 Å². The zero-order valence-electron chi connectivity index (χ0n) is 9.49. The van der Waals surface area contributed by atoms with Gasteiger partial charge in [-0.05, 0) is 12.0 Å². The summed E-state index contributed by atoms with van der Waals surface area (Å²) >= 11 is 0. The first kappa shape index (κ1) is 17.4. The quantitative estimate of drug-likeness (QED) is 0.498. The van der Waals surface area contributed by atoms with Gasteiger partial charge in [-0.3, -0.25) is 0 Å². The van der Waals surface area contributed by atoms with Crippen LogP contribution in [0.4, 0.5) is 0 Å². The fraction of sp³-hybridized carbons (Fsp3) is 0.900. The van der Waals surface area contributed by atoms with Crippen molar-refractivity contribution < 1.29 is 46.9 Å². The summed E-state index contributed by atoms with van der Waals surface area (Å²) in [6, 6.07) is 0. The van der Waals surface area contributed by atoms with Gasteiger partial charge in [0.2, 0.25) is 0 Å². The van der Waals surface area contributed by atoms with Gasteiger partial charge in [-0.15, -0.1) is 0 Å². The van der Waals surface area contributed by atoms with Gasteiger partial charge in [-0.2, -0.15) is 0 Å². The summed E-state index contributed by atoms with van der Waals surface area (Å²) in [6.45, 7) is 10.5. The summed E-state index contributed by atoms with van der Waals surface area (Å²) in [5.74, 6) is 0.583. The van der Waals surface area contributed by atoms with Gasteiger partial charge in [0, 0.05) is 53.0 Å². The number of hydrogen-bond donors (Lipinski definition) is 0. The molecule has 4 heteroatoms. The molecule has 83 valence electrons. The molecule has 0 heterocycles. The Morgan fingerprint density at radius 3 is 2.00 bits per heavy atom. The Morgan fingerprint density at radius 1 is 1.07 bits per heavy atom. The van der Waals surface area contributed by atoms with Crippen molar-refractivity contribution >= 4 is 0 Å². The predicted octanol–water partition coefficient (Wildman–Crippen LogP) is 1.52. The smallest absolute Gasteiger partial charge is 0.0700 e. The van der Waals surface area contributed by atoms with Gasteiger partial charge >= 0.3 is 0 Å². The van der Waals surface area contributed by atoms with E-state index >= 15 is 0 Å². The second kappa shape index (κ2) is 12.1. The zero-order valence-corrected chi connectivity index (χ0v) is 12.3. The maximum atomic E-state index is 5.32. The molecule has 0 bridgehead atoms. The SMILES string of the molecule is [CH2-]C(COCCOCC(C)C)OC.[Y]. The fourth-order valence-electron chi connectivity index (χ4n) is 0.720. The van der Waals surface area contributed by atoms with Gasteiger partial charge < -0.3 is 21.1 Å². The molecule has 0 aliphatic rings. The third-order valence-electron chi connectivity index (χ3n) is 1.46.